The third kappa shape index (κ3) is 5.90. The number of benzene rings is 3. The molecule has 4 rings (SSSR count). The number of allylic oxidation sites excluding steroid dienone is 4. The molecule has 0 saturated carbocycles. The van der Waals surface area contributed by atoms with E-state index in [2.05, 4.69) is 143 Å². The van der Waals surface area contributed by atoms with Crippen LogP contribution in [0.15, 0.2) is 87.3 Å². The molecule has 1 atom stereocenters. The van der Waals surface area contributed by atoms with E-state index in [0.717, 1.165) is 25.7 Å². The summed E-state index contributed by atoms with van der Waals surface area (Å²) in [5, 5.41) is 4.59. The second-order valence-corrected chi connectivity index (χ2v) is 16.0. The average molecular weight is 646 g/mol. The molecule has 1 aliphatic rings. The van der Waals surface area contributed by atoms with Crippen molar-refractivity contribution in [3.8, 4) is 0 Å². The molecule has 0 spiro atoms. The summed E-state index contributed by atoms with van der Waals surface area (Å²) in [5.41, 5.74) is 10.4. The second kappa shape index (κ2) is 14.9. The molecule has 0 aromatic heterocycles. The Kier molecular flexibility index (Phi) is 13.8. The number of aryl methyl sites for hydroxylation is 4. The molecule has 40 heavy (non-hydrogen) atoms. The Balaban J connectivity index is 0.00000267. The Morgan fingerprint density at radius 3 is 1.25 bits per heavy atom. The summed E-state index contributed by atoms with van der Waals surface area (Å²) in [5.74, 6) is 0. The van der Waals surface area contributed by atoms with Gasteiger partial charge in [-0.3, -0.25) is 0 Å². The zero-order valence-corrected chi connectivity index (χ0v) is 30.1. The van der Waals surface area contributed by atoms with Gasteiger partial charge in [0.1, 0.15) is 0 Å². The quantitative estimate of drug-likeness (QED) is 0.204. The molecule has 1 aliphatic carbocycles. The summed E-state index contributed by atoms with van der Waals surface area (Å²) in [4.78, 5) is 0. The van der Waals surface area contributed by atoms with Crippen LogP contribution in [0.5, 0.6) is 0 Å². The zero-order chi connectivity index (χ0) is 27.0. The minimum Gasteiger partial charge on any atom is -1.00 e. The topological polar surface area (TPSA) is 0 Å². The Labute approximate surface area is 275 Å². The molecule has 0 N–H and O–H groups in total. The Morgan fingerprint density at radius 1 is 0.575 bits per heavy atom. The van der Waals surface area contributed by atoms with Gasteiger partial charge in [0.05, 0.1) is 0 Å². The minimum atomic E-state index is -2.63. The van der Waals surface area contributed by atoms with Gasteiger partial charge in [-0.05, 0) is 0 Å². The fourth-order valence-electron chi connectivity index (χ4n) is 6.70. The molecule has 3 aromatic rings. The first-order valence-electron chi connectivity index (χ1n) is 14.1. The smallest absolute Gasteiger partial charge is 1.00 e. The van der Waals surface area contributed by atoms with Gasteiger partial charge in [-0.15, -0.1) is 0 Å². The predicted molar refractivity (Wildman–Crippen MR) is 161 cm³/mol. The van der Waals surface area contributed by atoms with E-state index in [4.69, 9.17) is 0 Å². The molecular weight excluding hydrogens is 603 g/mol. The molecule has 0 amide bonds. The van der Waals surface area contributed by atoms with Gasteiger partial charge in [-0.1, -0.05) is 0 Å². The Morgan fingerprint density at radius 2 is 0.950 bits per heavy atom. The summed E-state index contributed by atoms with van der Waals surface area (Å²) < 4.78 is 1.55. The van der Waals surface area contributed by atoms with Crippen molar-refractivity contribution in [1.82, 2.24) is 0 Å². The number of rotatable bonds is 8. The van der Waals surface area contributed by atoms with E-state index in [9.17, 15) is 0 Å². The molecule has 3 aromatic carbocycles. The van der Waals surface area contributed by atoms with Crippen molar-refractivity contribution in [2.75, 3.05) is 0 Å². The van der Waals surface area contributed by atoms with E-state index in [1.807, 2.05) is 0 Å². The number of hydrogen-bond donors (Lipinski definition) is 0. The molecule has 0 fully saturated rings. The van der Waals surface area contributed by atoms with Gasteiger partial charge in [-0.25, -0.2) is 0 Å². The van der Waals surface area contributed by atoms with E-state index in [-0.39, 0.29) is 42.3 Å². The van der Waals surface area contributed by atoms with Crippen LogP contribution in [-0.4, -0.2) is 8.07 Å². The van der Waals surface area contributed by atoms with Crippen LogP contribution in [0, 0.1) is 0 Å². The SMILES string of the molecule is CCc1cc(CC)cc([Si](c2ccccc2)(c2cc(CC)cc(CC)c2)C2(C)C(C)=C(C)C(C)=[C]2[Ti+3])c1.[Cl-].[Cl-].[Cl-]. The Bertz CT molecular complexity index is 1250. The molecule has 0 aliphatic heterocycles. The third-order valence-corrected chi connectivity index (χ3v) is 16.7. The van der Waals surface area contributed by atoms with Gasteiger partial charge >= 0.3 is 240 Å². The monoisotopic (exact) mass is 644 g/mol. The van der Waals surface area contributed by atoms with Crippen LogP contribution in [0.1, 0.15) is 77.6 Å². The first-order chi connectivity index (χ1) is 17.7. The molecule has 0 saturated heterocycles. The van der Waals surface area contributed by atoms with Crippen LogP contribution in [0.4, 0.5) is 0 Å². The van der Waals surface area contributed by atoms with E-state index in [1.54, 1.807) is 19.8 Å². The van der Waals surface area contributed by atoms with Crippen LogP contribution >= 0.6 is 0 Å². The molecule has 1 unspecified atom stereocenters. The maximum absolute atomic E-state index is 2.63. The van der Waals surface area contributed by atoms with Crippen LogP contribution in [0.3, 0.4) is 0 Å². The first-order valence-corrected chi connectivity index (χ1v) is 16.9. The Hall–Kier alpha value is -1.06. The standard InChI is InChI=1S/C35H43Si.3ClH.Ti/c1-9-28-18-29(10-2)21-33(20-28)36(32-16-14-13-15-17-32,35(8)24-25(5)26(6)27(35)7)34-22-30(11-3)19-31(12-4)23-34;;;;/h13-23H,9-12H2,1-8H3;3*1H;/q;;;;+3/p-3. The molecule has 0 heterocycles. The second-order valence-electron chi connectivity index (χ2n) is 11.0. The van der Waals surface area contributed by atoms with Gasteiger partial charge in [0.2, 0.25) is 0 Å². The predicted octanol–water partition coefficient (Wildman–Crippen LogP) is -1.65. The molecule has 0 nitrogen and oxygen atoms in total. The first kappa shape index (κ1) is 37.0. The van der Waals surface area contributed by atoms with Gasteiger partial charge < -0.3 is 37.2 Å². The maximum atomic E-state index is 2.59. The van der Waals surface area contributed by atoms with Gasteiger partial charge in [0.15, 0.2) is 0 Å². The largest absolute Gasteiger partial charge is 1.00 e. The van der Waals surface area contributed by atoms with E-state index >= 15 is 0 Å². The van der Waals surface area contributed by atoms with Crippen molar-refractivity contribution >= 4 is 23.6 Å². The number of hydrogen-bond acceptors (Lipinski definition) is 0. The average Bonchev–Trinajstić information content (AvgIpc) is 3.09. The molecule has 0 radical (unpaired) electrons. The summed E-state index contributed by atoms with van der Waals surface area (Å²) in [7, 11) is -2.63. The van der Waals surface area contributed by atoms with Crippen LogP contribution < -0.4 is 52.8 Å². The summed E-state index contributed by atoms with van der Waals surface area (Å²) in [6, 6.07) is 26.8. The zero-order valence-electron chi connectivity index (χ0n) is 25.3. The minimum absolute atomic E-state index is 0. The third-order valence-electron chi connectivity index (χ3n) is 9.31. The molecule has 5 heteroatoms. The summed E-state index contributed by atoms with van der Waals surface area (Å²) in [6.45, 7) is 18.9. The van der Waals surface area contributed by atoms with E-state index < -0.39 is 8.07 Å². The fraction of sp³-hybridized carbons (Fsp3) is 0.371. The van der Waals surface area contributed by atoms with Crippen LogP contribution in [0.25, 0.3) is 0 Å². The molecule has 0 bridgehead atoms. The van der Waals surface area contributed by atoms with Gasteiger partial charge in [-0.2, -0.15) is 0 Å². The van der Waals surface area contributed by atoms with Crippen LogP contribution in [0.2, 0.25) is 5.04 Å². The van der Waals surface area contributed by atoms with Gasteiger partial charge in [0.25, 0.3) is 0 Å². The van der Waals surface area contributed by atoms with Crippen LogP contribution in [-0.2, 0) is 46.1 Å². The maximum Gasteiger partial charge on any atom is -1.00 e. The van der Waals surface area contributed by atoms with Crippen molar-refractivity contribution in [2.24, 2.45) is 0 Å². The number of halogens is 3. The van der Waals surface area contributed by atoms with Gasteiger partial charge in [0, 0.05) is 0 Å². The molecule has 212 valence electrons. The van der Waals surface area contributed by atoms with Crippen molar-refractivity contribution < 1.29 is 57.7 Å². The fourth-order valence-corrected chi connectivity index (χ4v) is 14.5. The van der Waals surface area contributed by atoms with Crippen molar-refractivity contribution in [3.05, 3.63) is 110 Å². The normalized spacial score (nSPS) is 16.9. The van der Waals surface area contributed by atoms with Crippen molar-refractivity contribution in [1.29, 1.82) is 0 Å². The summed E-state index contributed by atoms with van der Waals surface area (Å²) in [6.07, 6.45) is 4.25. The van der Waals surface area contributed by atoms with E-state index in [0.29, 0.717) is 0 Å². The van der Waals surface area contributed by atoms with E-state index in [1.165, 1.54) is 38.6 Å². The van der Waals surface area contributed by atoms with Crippen molar-refractivity contribution in [2.45, 2.75) is 86.1 Å². The molecular formula is C35H43Cl3SiTi. The summed E-state index contributed by atoms with van der Waals surface area (Å²) >= 11 is 2.43. The van der Waals surface area contributed by atoms with Crippen molar-refractivity contribution in [3.63, 3.8) is 0 Å².